The minimum Gasteiger partial charge on any atom is -0.382 e. The van der Waals surface area contributed by atoms with Gasteiger partial charge in [-0.2, -0.15) is 5.10 Å². The predicted molar refractivity (Wildman–Crippen MR) is 91.7 cm³/mol. The van der Waals surface area contributed by atoms with Gasteiger partial charge in [-0.3, -0.25) is 10.00 Å². The Hall–Kier alpha value is -2.93. The number of pyridine rings is 1. The van der Waals surface area contributed by atoms with Crippen molar-refractivity contribution < 1.29 is 9.53 Å². The zero-order valence-corrected chi connectivity index (χ0v) is 13.6. The Labute approximate surface area is 139 Å². The topological polar surface area (TPSA) is 81.1 Å². The summed E-state index contributed by atoms with van der Waals surface area (Å²) >= 11 is 0. The number of aryl methyl sites for hydroxylation is 1. The molecule has 0 unspecified atom stereocenters. The molecule has 7 heteroatoms. The molecule has 124 valence electrons. The highest BCUT2D eigenvalue weighted by atomic mass is 16.5. The molecule has 7 nitrogen and oxygen atoms in total. The first-order valence-electron chi connectivity index (χ1n) is 7.56. The molecule has 0 bridgehead atoms. The number of aromatic nitrogens is 3. The second-order valence-electron chi connectivity index (χ2n) is 5.41. The third-order valence-electron chi connectivity index (χ3n) is 3.71. The second kappa shape index (κ2) is 7.10. The molecule has 1 aromatic carbocycles. The van der Waals surface area contributed by atoms with Gasteiger partial charge >= 0.3 is 6.03 Å². The lowest BCUT2D eigenvalue weighted by atomic mass is 10.1. The molecule has 0 spiro atoms. The van der Waals surface area contributed by atoms with Gasteiger partial charge in [0.2, 0.25) is 0 Å². The summed E-state index contributed by atoms with van der Waals surface area (Å²) in [5, 5.41) is 10.7. The van der Waals surface area contributed by atoms with E-state index in [1.165, 1.54) is 0 Å². The van der Waals surface area contributed by atoms with Crippen molar-refractivity contribution in [3.05, 3.63) is 54.4 Å². The highest BCUT2D eigenvalue weighted by Gasteiger charge is 2.15. The molecule has 2 aromatic heterocycles. The van der Waals surface area contributed by atoms with E-state index in [-0.39, 0.29) is 12.1 Å². The number of benzene rings is 1. The third-order valence-corrected chi connectivity index (χ3v) is 3.71. The van der Waals surface area contributed by atoms with Crippen molar-refractivity contribution in [3.8, 4) is 0 Å². The van der Waals surface area contributed by atoms with Gasteiger partial charge in [-0.25, -0.2) is 9.78 Å². The molecule has 3 aromatic rings. The molecule has 0 fully saturated rings. The van der Waals surface area contributed by atoms with Crippen LogP contribution in [0.25, 0.3) is 10.9 Å². The first kappa shape index (κ1) is 15.9. The highest BCUT2D eigenvalue weighted by molar-refractivity contribution is 5.91. The smallest absolute Gasteiger partial charge is 0.320 e. The summed E-state index contributed by atoms with van der Waals surface area (Å²) in [6, 6.07) is 10.9. The number of rotatable bonds is 5. The van der Waals surface area contributed by atoms with Crippen LogP contribution >= 0.6 is 0 Å². The summed E-state index contributed by atoms with van der Waals surface area (Å²) in [4.78, 5) is 16.5. The van der Waals surface area contributed by atoms with E-state index in [0.717, 1.165) is 16.5 Å². The van der Waals surface area contributed by atoms with Crippen LogP contribution in [0.1, 0.15) is 11.6 Å². The number of hydrogen-bond acceptors (Lipinski definition) is 4. The Bertz CT molecular complexity index is 831. The molecule has 2 heterocycles. The Kier molecular flexibility index (Phi) is 4.72. The molecule has 2 amide bonds. The van der Waals surface area contributed by atoms with Gasteiger partial charge in [0.15, 0.2) is 0 Å². The number of urea groups is 1. The first-order chi connectivity index (χ1) is 11.7. The summed E-state index contributed by atoms with van der Waals surface area (Å²) in [7, 11) is 3.45. The summed E-state index contributed by atoms with van der Waals surface area (Å²) in [6.45, 7) is 0.381. The van der Waals surface area contributed by atoms with Crippen LogP contribution in [-0.2, 0) is 11.8 Å². The van der Waals surface area contributed by atoms with Gasteiger partial charge in [-0.1, -0.05) is 30.3 Å². The van der Waals surface area contributed by atoms with E-state index in [2.05, 4.69) is 20.7 Å². The number of nitrogens with one attached hydrogen (secondary N) is 2. The predicted octanol–water partition coefficient (Wildman–Crippen LogP) is 2.48. The first-order valence-corrected chi connectivity index (χ1v) is 7.56. The molecule has 0 saturated carbocycles. The summed E-state index contributed by atoms with van der Waals surface area (Å²) in [5.74, 6) is 0.470. The van der Waals surface area contributed by atoms with Crippen LogP contribution in [0, 0.1) is 0 Å². The maximum atomic E-state index is 12.3. The summed E-state index contributed by atoms with van der Waals surface area (Å²) < 4.78 is 6.93. The van der Waals surface area contributed by atoms with E-state index in [9.17, 15) is 4.79 Å². The Morgan fingerprint density at radius 3 is 2.83 bits per heavy atom. The van der Waals surface area contributed by atoms with Gasteiger partial charge in [0, 0.05) is 19.5 Å². The molecule has 0 aliphatic carbocycles. The zero-order valence-electron chi connectivity index (χ0n) is 13.6. The van der Waals surface area contributed by atoms with Crippen LogP contribution in [0.4, 0.5) is 10.6 Å². The molecule has 3 rings (SSSR count). The van der Waals surface area contributed by atoms with Crippen LogP contribution < -0.4 is 10.6 Å². The van der Waals surface area contributed by atoms with Crippen molar-refractivity contribution in [2.45, 2.75) is 6.04 Å². The quantitative estimate of drug-likeness (QED) is 0.755. The minimum absolute atomic E-state index is 0.238. The monoisotopic (exact) mass is 325 g/mol. The van der Waals surface area contributed by atoms with Crippen LogP contribution in [0.15, 0.2) is 48.8 Å². The lowest BCUT2D eigenvalue weighted by Gasteiger charge is -2.18. The number of fused-ring (bicyclic) bond motifs is 1. The number of amides is 2. The average molecular weight is 325 g/mol. The van der Waals surface area contributed by atoms with Crippen LogP contribution in [0.2, 0.25) is 0 Å². The molecule has 1 atom stereocenters. The van der Waals surface area contributed by atoms with Gasteiger partial charge < -0.3 is 10.1 Å². The molecule has 0 aliphatic rings. The van der Waals surface area contributed by atoms with E-state index in [1.807, 2.05) is 37.4 Å². The highest BCUT2D eigenvalue weighted by Crippen LogP contribution is 2.16. The van der Waals surface area contributed by atoms with Gasteiger partial charge in [0.1, 0.15) is 5.82 Å². The van der Waals surface area contributed by atoms with E-state index >= 15 is 0 Å². The fourth-order valence-corrected chi connectivity index (χ4v) is 2.50. The fraction of sp³-hybridized carbons (Fsp3) is 0.235. The number of anilines is 1. The molecule has 24 heavy (non-hydrogen) atoms. The fourth-order valence-electron chi connectivity index (χ4n) is 2.50. The lowest BCUT2D eigenvalue weighted by molar-refractivity contribution is 0.168. The number of nitrogens with zero attached hydrogens (tertiary/aromatic N) is 3. The van der Waals surface area contributed by atoms with Crippen molar-refractivity contribution in [2.24, 2.45) is 7.05 Å². The standard InChI is InChI=1S/C17H19N5O2/c1-22-15-10-18-16(8-13(15)9-19-22)21-17(23)20-14(11-24-2)12-6-4-3-5-7-12/h3-10,14H,11H2,1-2H3,(H2,18,20,21,23)/t14-/m1/s1. The van der Waals surface area contributed by atoms with Crippen molar-refractivity contribution in [2.75, 3.05) is 19.0 Å². The van der Waals surface area contributed by atoms with Crippen LogP contribution in [0.5, 0.6) is 0 Å². The maximum absolute atomic E-state index is 12.3. The lowest BCUT2D eigenvalue weighted by Crippen LogP contribution is -2.35. The van der Waals surface area contributed by atoms with Crippen LogP contribution in [0.3, 0.4) is 0 Å². The molecule has 0 radical (unpaired) electrons. The van der Waals surface area contributed by atoms with Crippen molar-refractivity contribution in [1.29, 1.82) is 0 Å². The van der Waals surface area contributed by atoms with Crippen molar-refractivity contribution in [1.82, 2.24) is 20.1 Å². The van der Waals surface area contributed by atoms with Crippen molar-refractivity contribution in [3.63, 3.8) is 0 Å². The van der Waals surface area contributed by atoms with Gasteiger partial charge in [-0.15, -0.1) is 0 Å². The van der Waals surface area contributed by atoms with Crippen molar-refractivity contribution >= 4 is 22.8 Å². The maximum Gasteiger partial charge on any atom is 0.320 e. The molecule has 2 N–H and O–H groups in total. The number of methoxy groups -OCH3 is 1. The molecular formula is C17H19N5O2. The Morgan fingerprint density at radius 2 is 2.08 bits per heavy atom. The number of carbonyl (C=O) groups is 1. The summed E-state index contributed by atoms with van der Waals surface area (Å²) in [5.41, 5.74) is 1.88. The Morgan fingerprint density at radius 1 is 1.29 bits per heavy atom. The van der Waals surface area contributed by atoms with E-state index in [4.69, 9.17) is 4.74 Å². The van der Waals surface area contributed by atoms with Gasteiger partial charge in [0.05, 0.1) is 30.6 Å². The van der Waals surface area contributed by atoms with E-state index in [1.54, 1.807) is 30.3 Å². The van der Waals surface area contributed by atoms with Crippen LogP contribution in [-0.4, -0.2) is 34.5 Å². The number of ether oxygens (including phenoxy) is 1. The largest absolute Gasteiger partial charge is 0.382 e. The number of hydrogen-bond donors (Lipinski definition) is 2. The molecule has 0 aliphatic heterocycles. The third kappa shape index (κ3) is 3.52. The minimum atomic E-state index is -0.336. The average Bonchev–Trinajstić information content (AvgIpc) is 2.96. The number of carbonyl (C=O) groups excluding carboxylic acids is 1. The van der Waals surface area contributed by atoms with E-state index < -0.39 is 0 Å². The summed E-state index contributed by atoms with van der Waals surface area (Å²) in [6.07, 6.45) is 3.42. The normalized spacial score (nSPS) is 12.1. The Balaban J connectivity index is 1.70. The second-order valence-corrected chi connectivity index (χ2v) is 5.41. The van der Waals surface area contributed by atoms with E-state index in [0.29, 0.717) is 12.4 Å². The van der Waals surface area contributed by atoms with Gasteiger partial charge in [-0.05, 0) is 11.6 Å². The SMILES string of the molecule is COC[C@@H](NC(=O)Nc1cc2cnn(C)c2cn1)c1ccccc1. The van der Waals surface area contributed by atoms with Gasteiger partial charge in [0.25, 0.3) is 0 Å². The molecule has 0 saturated heterocycles. The zero-order chi connectivity index (χ0) is 16.9. The molecular weight excluding hydrogens is 306 g/mol.